The first-order valence-corrected chi connectivity index (χ1v) is 8.79. The van der Waals surface area contributed by atoms with Gasteiger partial charge in [0, 0.05) is 30.3 Å². The Balaban J connectivity index is 1.88. The molecule has 0 bridgehead atoms. The van der Waals surface area contributed by atoms with Crippen molar-refractivity contribution < 1.29 is 14.5 Å². The lowest BCUT2D eigenvalue weighted by molar-refractivity contribution is -0.384. The van der Waals surface area contributed by atoms with E-state index >= 15 is 0 Å². The molecule has 1 unspecified atom stereocenters. The van der Waals surface area contributed by atoms with Gasteiger partial charge in [-0.2, -0.15) is 0 Å². The standard InChI is InChI=1S/C20H23N3O4/c1-3-14(2)20(25)22-17-6-4-5-16(11-17)13-21-19(24)12-15-7-9-18(10-8-15)23(26)27/h4-11,14H,3,12-13H2,1-2H3,(H,21,24)(H,22,25). The van der Waals surface area contributed by atoms with E-state index in [1.165, 1.54) is 12.1 Å². The van der Waals surface area contributed by atoms with Crippen LogP contribution in [-0.2, 0) is 22.6 Å². The normalized spacial score (nSPS) is 11.5. The molecule has 0 fully saturated rings. The minimum atomic E-state index is -0.475. The predicted octanol–water partition coefficient (Wildman–Crippen LogP) is 3.44. The maximum atomic E-state index is 12.1. The lowest BCUT2D eigenvalue weighted by Crippen LogP contribution is -2.24. The number of carbonyl (C=O) groups is 2. The van der Waals surface area contributed by atoms with Gasteiger partial charge in [0.2, 0.25) is 11.8 Å². The first kappa shape index (κ1) is 20.1. The first-order chi connectivity index (χ1) is 12.9. The van der Waals surface area contributed by atoms with Crippen LogP contribution in [0.5, 0.6) is 0 Å². The Hall–Kier alpha value is -3.22. The molecule has 0 heterocycles. The van der Waals surface area contributed by atoms with Gasteiger partial charge in [-0.25, -0.2) is 0 Å². The molecular formula is C20H23N3O4. The van der Waals surface area contributed by atoms with Gasteiger partial charge in [0.05, 0.1) is 11.3 Å². The Morgan fingerprint density at radius 3 is 2.44 bits per heavy atom. The highest BCUT2D eigenvalue weighted by molar-refractivity contribution is 5.92. The van der Waals surface area contributed by atoms with Gasteiger partial charge in [-0.05, 0) is 29.7 Å². The highest BCUT2D eigenvalue weighted by Gasteiger charge is 2.11. The van der Waals surface area contributed by atoms with E-state index in [0.717, 1.165) is 12.0 Å². The molecule has 2 amide bonds. The number of rotatable bonds is 8. The van der Waals surface area contributed by atoms with E-state index in [1.54, 1.807) is 12.1 Å². The van der Waals surface area contributed by atoms with E-state index in [-0.39, 0.29) is 29.8 Å². The SMILES string of the molecule is CCC(C)C(=O)Nc1cccc(CNC(=O)Cc2ccc([N+](=O)[O-])cc2)c1. The molecule has 27 heavy (non-hydrogen) atoms. The first-order valence-electron chi connectivity index (χ1n) is 8.79. The molecule has 7 heteroatoms. The quantitative estimate of drug-likeness (QED) is 0.550. The molecule has 2 aromatic rings. The van der Waals surface area contributed by atoms with E-state index in [9.17, 15) is 19.7 Å². The van der Waals surface area contributed by atoms with Crippen molar-refractivity contribution in [2.75, 3.05) is 5.32 Å². The summed E-state index contributed by atoms with van der Waals surface area (Å²) in [5.41, 5.74) is 2.26. The third-order valence-electron chi connectivity index (χ3n) is 4.26. The maximum Gasteiger partial charge on any atom is 0.269 e. The van der Waals surface area contributed by atoms with Gasteiger partial charge >= 0.3 is 0 Å². The lowest BCUT2D eigenvalue weighted by atomic mass is 10.1. The number of hydrogen-bond donors (Lipinski definition) is 2. The number of nitrogens with one attached hydrogen (secondary N) is 2. The van der Waals surface area contributed by atoms with E-state index < -0.39 is 4.92 Å². The van der Waals surface area contributed by atoms with Crippen LogP contribution >= 0.6 is 0 Å². The van der Waals surface area contributed by atoms with Crippen molar-refractivity contribution in [1.29, 1.82) is 0 Å². The molecule has 0 saturated carbocycles. The summed E-state index contributed by atoms with van der Waals surface area (Å²) in [6, 6.07) is 13.2. The number of hydrogen-bond acceptors (Lipinski definition) is 4. The Bertz CT molecular complexity index is 818. The third kappa shape index (κ3) is 6.22. The molecule has 2 aromatic carbocycles. The largest absolute Gasteiger partial charge is 0.352 e. The molecule has 2 rings (SSSR count). The van der Waals surface area contributed by atoms with Crippen LogP contribution in [0.15, 0.2) is 48.5 Å². The fourth-order valence-corrected chi connectivity index (χ4v) is 2.39. The van der Waals surface area contributed by atoms with Crippen LogP contribution in [0.1, 0.15) is 31.4 Å². The third-order valence-corrected chi connectivity index (χ3v) is 4.26. The zero-order valence-electron chi connectivity index (χ0n) is 15.4. The predicted molar refractivity (Wildman–Crippen MR) is 103 cm³/mol. The highest BCUT2D eigenvalue weighted by Crippen LogP contribution is 2.14. The summed E-state index contributed by atoms with van der Waals surface area (Å²) in [4.78, 5) is 34.2. The van der Waals surface area contributed by atoms with Gasteiger partial charge in [-0.3, -0.25) is 19.7 Å². The molecule has 142 valence electrons. The molecule has 0 aliphatic heterocycles. The van der Waals surface area contributed by atoms with Crippen molar-refractivity contribution in [2.45, 2.75) is 33.2 Å². The number of nitrogens with zero attached hydrogens (tertiary/aromatic N) is 1. The van der Waals surface area contributed by atoms with Crippen LogP contribution in [0.25, 0.3) is 0 Å². The van der Waals surface area contributed by atoms with Gasteiger partial charge in [0.25, 0.3) is 5.69 Å². The number of nitro groups is 1. The summed E-state index contributed by atoms with van der Waals surface area (Å²) in [5.74, 6) is -0.273. The Labute approximate surface area is 157 Å². The number of non-ortho nitro benzene ring substituents is 1. The summed E-state index contributed by atoms with van der Waals surface area (Å²) in [5, 5.41) is 16.3. The van der Waals surface area contributed by atoms with Crippen molar-refractivity contribution in [1.82, 2.24) is 5.32 Å². The molecule has 1 atom stereocenters. The summed E-state index contributed by atoms with van der Waals surface area (Å²) in [7, 11) is 0. The molecule has 0 aromatic heterocycles. The van der Waals surface area contributed by atoms with Crippen molar-refractivity contribution in [3.63, 3.8) is 0 Å². The van der Waals surface area contributed by atoms with Gasteiger partial charge in [-0.1, -0.05) is 38.1 Å². The van der Waals surface area contributed by atoms with Gasteiger partial charge < -0.3 is 10.6 Å². The van der Waals surface area contributed by atoms with Crippen molar-refractivity contribution in [2.24, 2.45) is 5.92 Å². The molecule has 0 radical (unpaired) electrons. The van der Waals surface area contributed by atoms with E-state index in [2.05, 4.69) is 10.6 Å². The van der Waals surface area contributed by atoms with Crippen LogP contribution < -0.4 is 10.6 Å². The summed E-state index contributed by atoms with van der Waals surface area (Å²) < 4.78 is 0. The highest BCUT2D eigenvalue weighted by atomic mass is 16.6. The Morgan fingerprint density at radius 1 is 1.11 bits per heavy atom. The lowest BCUT2D eigenvalue weighted by Gasteiger charge is -2.11. The van der Waals surface area contributed by atoms with Crippen LogP contribution in [-0.4, -0.2) is 16.7 Å². The number of carbonyl (C=O) groups excluding carboxylic acids is 2. The number of nitro benzene ring substituents is 1. The minimum Gasteiger partial charge on any atom is -0.352 e. The fraction of sp³-hybridized carbons (Fsp3) is 0.300. The van der Waals surface area contributed by atoms with Crippen LogP contribution in [0, 0.1) is 16.0 Å². The number of amides is 2. The second-order valence-electron chi connectivity index (χ2n) is 6.38. The zero-order chi connectivity index (χ0) is 19.8. The molecule has 0 spiro atoms. The maximum absolute atomic E-state index is 12.1. The summed E-state index contributed by atoms with van der Waals surface area (Å²) >= 11 is 0. The number of benzene rings is 2. The second-order valence-corrected chi connectivity index (χ2v) is 6.38. The number of anilines is 1. The average molecular weight is 369 g/mol. The second kappa shape index (κ2) is 9.47. The molecular weight excluding hydrogens is 346 g/mol. The fourth-order valence-electron chi connectivity index (χ4n) is 2.39. The van der Waals surface area contributed by atoms with Crippen LogP contribution in [0.3, 0.4) is 0 Å². The van der Waals surface area contributed by atoms with E-state index in [4.69, 9.17) is 0 Å². The zero-order valence-corrected chi connectivity index (χ0v) is 15.4. The van der Waals surface area contributed by atoms with Gasteiger partial charge in [0.1, 0.15) is 0 Å². The van der Waals surface area contributed by atoms with E-state index in [0.29, 0.717) is 17.8 Å². The van der Waals surface area contributed by atoms with Gasteiger partial charge in [0.15, 0.2) is 0 Å². The molecule has 0 aliphatic carbocycles. The Morgan fingerprint density at radius 2 is 1.81 bits per heavy atom. The molecule has 2 N–H and O–H groups in total. The Kier molecular flexibility index (Phi) is 7.05. The summed E-state index contributed by atoms with van der Waals surface area (Å²) in [6.07, 6.45) is 0.909. The van der Waals surface area contributed by atoms with Gasteiger partial charge in [-0.15, -0.1) is 0 Å². The minimum absolute atomic E-state index is 0.00425. The molecule has 0 saturated heterocycles. The van der Waals surface area contributed by atoms with Crippen molar-refractivity contribution >= 4 is 23.2 Å². The topological polar surface area (TPSA) is 101 Å². The molecule has 0 aliphatic rings. The van der Waals surface area contributed by atoms with E-state index in [1.807, 2.05) is 38.1 Å². The summed E-state index contributed by atoms with van der Waals surface area (Å²) in [6.45, 7) is 4.16. The van der Waals surface area contributed by atoms with Crippen molar-refractivity contribution in [3.05, 3.63) is 69.8 Å². The monoisotopic (exact) mass is 369 g/mol. The molecule has 7 nitrogen and oxygen atoms in total. The van der Waals surface area contributed by atoms with Crippen molar-refractivity contribution in [3.8, 4) is 0 Å². The smallest absolute Gasteiger partial charge is 0.269 e. The van der Waals surface area contributed by atoms with Crippen LogP contribution in [0.4, 0.5) is 11.4 Å². The average Bonchev–Trinajstić information content (AvgIpc) is 2.66. The van der Waals surface area contributed by atoms with Crippen LogP contribution in [0.2, 0.25) is 0 Å².